The van der Waals surface area contributed by atoms with Crippen molar-refractivity contribution < 1.29 is 19.1 Å². The third kappa shape index (κ3) is 5.58. The zero-order valence-electron chi connectivity index (χ0n) is 18.3. The molecule has 2 N–H and O–H groups in total. The highest BCUT2D eigenvalue weighted by Crippen LogP contribution is 2.23. The molecule has 0 aliphatic heterocycles. The van der Waals surface area contributed by atoms with E-state index in [1.165, 1.54) is 18.9 Å². The number of methoxy groups -OCH3 is 2. The van der Waals surface area contributed by atoms with Crippen LogP contribution in [0.2, 0.25) is 0 Å². The van der Waals surface area contributed by atoms with Crippen LogP contribution < -0.4 is 20.1 Å². The van der Waals surface area contributed by atoms with Crippen molar-refractivity contribution in [3.8, 4) is 11.5 Å². The van der Waals surface area contributed by atoms with Crippen molar-refractivity contribution in [3.05, 3.63) is 59.9 Å². The van der Waals surface area contributed by atoms with Crippen LogP contribution in [0.4, 0.5) is 5.69 Å². The number of nitrogens with one attached hydrogen (secondary N) is 2. The molecule has 1 atom stereocenters. The van der Waals surface area contributed by atoms with Gasteiger partial charge in [0.2, 0.25) is 5.91 Å². The molecule has 32 heavy (non-hydrogen) atoms. The van der Waals surface area contributed by atoms with E-state index in [1.807, 2.05) is 0 Å². The summed E-state index contributed by atoms with van der Waals surface area (Å²) in [4.78, 5) is 25.0. The average Bonchev–Trinajstić information content (AvgIpc) is 3.16. The summed E-state index contributed by atoms with van der Waals surface area (Å²) in [5, 5.41) is 14.2. The molecule has 3 rings (SSSR count). The van der Waals surface area contributed by atoms with Gasteiger partial charge in [-0.05, 0) is 43.3 Å². The van der Waals surface area contributed by atoms with Crippen molar-refractivity contribution in [2.75, 3.05) is 19.5 Å². The summed E-state index contributed by atoms with van der Waals surface area (Å²) in [7, 11) is 4.90. The van der Waals surface area contributed by atoms with Gasteiger partial charge in [-0.1, -0.05) is 23.9 Å². The van der Waals surface area contributed by atoms with Gasteiger partial charge in [0.1, 0.15) is 11.5 Å². The normalized spacial score (nSPS) is 11.5. The van der Waals surface area contributed by atoms with E-state index in [0.29, 0.717) is 28.0 Å². The first-order valence-electron chi connectivity index (χ1n) is 9.84. The van der Waals surface area contributed by atoms with Crippen LogP contribution in [0.1, 0.15) is 23.1 Å². The van der Waals surface area contributed by atoms with Gasteiger partial charge in [0.15, 0.2) is 11.0 Å². The van der Waals surface area contributed by atoms with E-state index in [2.05, 4.69) is 20.8 Å². The van der Waals surface area contributed by atoms with Gasteiger partial charge in [-0.25, -0.2) is 0 Å². The van der Waals surface area contributed by atoms with Crippen LogP contribution in [0.25, 0.3) is 0 Å². The summed E-state index contributed by atoms with van der Waals surface area (Å²) in [6.07, 6.45) is 0. The van der Waals surface area contributed by atoms with Gasteiger partial charge in [0.25, 0.3) is 5.91 Å². The molecule has 2 aromatic carbocycles. The van der Waals surface area contributed by atoms with Gasteiger partial charge in [-0.15, -0.1) is 10.2 Å². The number of carbonyl (C=O) groups excluding carboxylic acids is 2. The molecule has 0 unspecified atom stereocenters. The first-order chi connectivity index (χ1) is 15.4. The largest absolute Gasteiger partial charge is 0.497 e. The Morgan fingerprint density at radius 3 is 2.47 bits per heavy atom. The first kappa shape index (κ1) is 23.1. The van der Waals surface area contributed by atoms with Crippen molar-refractivity contribution in [2.45, 2.75) is 23.9 Å². The smallest absolute Gasteiger partial charge is 0.255 e. The van der Waals surface area contributed by atoms with E-state index in [4.69, 9.17) is 9.47 Å². The molecule has 1 aromatic heterocycles. The van der Waals surface area contributed by atoms with E-state index in [9.17, 15) is 9.59 Å². The standard InChI is InChI=1S/C22H25N5O4S/c1-14(20(28)24-15-9-11-16(30-3)12-10-15)32-22-26-25-19(27(22)2)13-23-21(29)17-7-5-6-8-18(17)31-4/h5-12,14H,13H2,1-4H3,(H,23,29)(H,24,28)/t14-/m1/s1. The molecule has 168 valence electrons. The fourth-order valence-corrected chi connectivity index (χ4v) is 3.65. The van der Waals surface area contributed by atoms with Gasteiger partial charge in [0, 0.05) is 12.7 Å². The molecule has 9 nitrogen and oxygen atoms in total. The Hall–Kier alpha value is -3.53. The summed E-state index contributed by atoms with van der Waals surface area (Å²) in [5.74, 6) is 1.35. The van der Waals surface area contributed by atoms with E-state index >= 15 is 0 Å². The monoisotopic (exact) mass is 455 g/mol. The predicted molar refractivity (Wildman–Crippen MR) is 122 cm³/mol. The third-order valence-corrected chi connectivity index (χ3v) is 5.83. The number of ether oxygens (including phenoxy) is 2. The SMILES string of the molecule is COc1ccc(NC(=O)[C@@H](C)Sc2nnc(CNC(=O)c3ccccc3OC)n2C)cc1. The minimum Gasteiger partial charge on any atom is -0.497 e. The van der Waals surface area contributed by atoms with Crippen molar-refractivity contribution >= 4 is 29.3 Å². The molecule has 1 heterocycles. The molecule has 0 bridgehead atoms. The van der Waals surface area contributed by atoms with Crippen LogP contribution in [0.5, 0.6) is 11.5 Å². The number of benzene rings is 2. The van der Waals surface area contributed by atoms with Crippen LogP contribution >= 0.6 is 11.8 Å². The number of hydrogen-bond acceptors (Lipinski definition) is 7. The van der Waals surface area contributed by atoms with Crippen LogP contribution in [-0.2, 0) is 18.4 Å². The summed E-state index contributed by atoms with van der Waals surface area (Å²) < 4.78 is 12.1. The van der Waals surface area contributed by atoms with E-state index < -0.39 is 5.25 Å². The zero-order valence-corrected chi connectivity index (χ0v) is 19.1. The highest BCUT2D eigenvalue weighted by Gasteiger charge is 2.20. The summed E-state index contributed by atoms with van der Waals surface area (Å²) in [6.45, 7) is 1.98. The van der Waals surface area contributed by atoms with E-state index in [1.54, 1.807) is 74.2 Å². The molecule has 0 spiro atoms. The molecule has 0 aliphatic rings. The molecule has 10 heteroatoms. The molecule has 0 aliphatic carbocycles. The highest BCUT2D eigenvalue weighted by atomic mass is 32.2. The third-order valence-electron chi connectivity index (χ3n) is 4.69. The molecule has 0 radical (unpaired) electrons. The van der Waals surface area contributed by atoms with Gasteiger partial charge in [-0.3, -0.25) is 9.59 Å². The summed E-state index contributed by atoms with van der Waals surface area (Å²) in [6, 6.07) is 14.1. The zero-order chi connectivity index (χ0) is 23.1. The molecule has 0 saturated heterocycles. The number of aromatic nitrogens is 3. The lowest BCUT2D eigenvalue weighted by Crippen LogP contribution is -2.25. The van der Waals surface area contributed by atoms with Crippen LogP contribution in [-0.4, -0.2) is 46.0 Å². The van der Waals surface area contributed by atoms with Gasteiger partial charge >= 0.3 is 0 Å². The Labute approximate surface area is 190 Å². The Morgan fingerprint density at radius 1 is 1.06 bits per heavy atom. The fraction of sp³-hybridized carbons (Fsp3) is 0.273. The number of carbonyl (C=O) groups is 2. The Balaban J connectivity index is 1.57. The Bertz CT molecular complexity index is 1080. The molecule has 3 aromatic rings. The minimum atomic E-state index is -0.406. The maximum Gasteiger partial charge on any atom is 0.255 e. The van der Waals surface area contributed by atoms with Crippen LogP contribution in [0, 0.1) is 0 Å². The molecule has 0 saturated carbocycles. The molecular formula is C22H25N5O4S. The molecule has 2 amide bonds. The number of nitrogens with zero attached hydrogens (tertiary/aromatic N) is 3. The second kappa shape index (κ2) is 10.7. The first-order valence-corrected chi connectivity index (χ1v) is 10.7. The van der Waals surface area contributed by atoms with Gasteiger partial charge in [0.05, 0.1) is 31.6 Å². The molecular weight excluding hydrogens is 430 g/mol. The number of thioether (sulfide) groups is 1. The van der Waals surface area contributed by atoms with Crippen molar-refractivity contribution in [3.63, 3.8) is 0 Å². The van der Waals surface area contributed by atoms with Crippen molar-refractivity contribution in [1.29, 1.82) is 0 Å². The van der Waals surface area contributed by atoms with Crippen molar-refractivity contribution in [1.82, 2.24) is 20.1 Å². The predicted octanol–water partition coefficient (Wildman–Crippen LogP) is 2.88. The van der Waals surface area contributed by atoms with E-state index in [0.717, 1.165) is 5.75 Å². The number of para-hydroxylation sites is 1. The Kier molecular flexibility index (Phi) is 7.72. The Morgan fingerprint density at radius 2 is 1.78 bits per heavy atom. The number of rotatable bonds is 9. The van der Waals surface area contributed by atoms with Crippen LogP contribution in [0.3, 0.4) is 0 Å². The lowest BCUT2D eigenvalue weighted by atomic mass is 10.2. The number of hydrogen-bond donors (Lipinski definition) is 2. The number of amides is 2. The minimum absolute atomic E-state index is 0.158. The maximum absolute atomic E-state index is 12.5. The lowest BCUT2D eigenvalue weighted by Gasteiger charge is -2.12. The second-order valence-corrected chi connectivity index (χ2v) is 8.13. The van der Waals surface area contributed by atoms with E-state index in [-0.39, 0.29) is 18.4 Å². The topological polar surface area (TPSA) is 107 Å². The van der Waals surface area contributed by atoms with Gasteiger partial charge in [-0.2, -0.15) is 0 Å². The summed E-state index contributed by atoms with van der Waals surface area (Å²) >= 11 is 1.28. The lowest BCUT2D eigenvalue weighted by molar-refractivity contribution is -0.115. The quantitative estimate of drug-likeness (QED) is 0.478. The fourth-order valence-electron chi connectivity index (χ4n) is 2.82. The maximum atomic E-state index is 12.5. The number of anilines is 1. The second-order valence-electron chi connectivity index (χ2n) is 6.82. The van der Waals surface area contributed by atoms with Gasteiger partial charge < -0.3 is 24.7 Å². The highest BCUT2D eigenvalue weighted by molar-refractivity contribution is 8.00. The van der Waals surface area contributed by atoms with Crippen molar-refractivity contribution in [2.24, 2.45) is 7.05 Å². The molecule has 0 fully saturated rings. The van der Waals surface area contributed by atoms with Crippen LogP contribution in [0.15, 0.2) is 53.7 Å². The average molecular weight is 456 g/mol. The summed E-state index contributed by atoms with van der Waals surface area (Å²) in [5.41, 5.74) is 1.12.